The van der Waals surface area contributed by atoms with Gasteiger partial charge in [-0.25, -0.2) is 4.98 Å². The van der Waals surface area contributed by atoms with Crippen molar-refractivity contribution in [2.24, 2.45) is 10.8 Å². The molecule has 0 radical (unpaired) electrons. The van der Waals surface area contributed by atoms with Crippen molar-refractivity contribution < 1.29 is 4.79 Å². The molecule has 8 heteroatoms. The summed E-state index contributed by atoms with van der Waals surface area (Å²) in [5, 5.41) is 6.01. The molecule has 32 heavy (non-hydrogen) atoms. The third-order valence-corrected chi connectivity index (χ3v) is 5.87. The van der Waals surface area contributed by atoms with Gasteiger partial charge in [0, 0.05) is 32.0 Å². The zero-order valence-electron chi connectivity index (χ0n) is 18.4. The monoisotopic (exact) mass is 493 g/mol. The first-order chi connectivity index (χ1) is 15.1. The average Bonchev–Trinajstić information content (AvgIpc) is 2.98. The van der Waals surface area contributed by atoms with Crippen LogP contribution in [0.1, 0.15) is 37.9 Å². The smallest absolute Gasteiger partial charge is 0.282 e. The highest BCUT2D eigenvalue weighted by Gasteiger charge is 2.23. The molecule has 7 nitrogen and oxygen atoms in total. The van der Waals surface area contributed by atoms with Crippen molar-refractivity contribution in [1.29, 1.82) is 0 Å². The highest BCUT2D eigenvalue weighted by atomic mass is 79.9. The lowest BCUT2D eigenvalue weighted by Crippen LogP contribution is -2.29. The second-order valence-corrected chi connectivity index (χ2v) is 9.69. The van der Waals surface area contributed by atoms with Crippen molar-refractivity contribution in [2.45, 2.75) is 39.7 Å². The summed E-state index contributed by atoms with van der Waals surface area (Å²) in [5.41, 5.74) is 7.99. The first-order valence-electron chi connectivity index (χ1n) is 10.2. The summed E-state index contributed by atoms with van der Waals surface area (Å²) < 4.78 is 4.03. The highest BCUT2D eigenvalue weighted by Crippen LogP contribution is 2.26. The Morgan fingerprint density at radius 1 is 1.19 bits per heavy atom. The Hall–Kier alpha value is -3.26. The summed E-state index contributed by atoms with van der Waals surface area (Å²) in [5.74, 6) is 0.139. The van der Waals surface area contributed by atoms with Crippen LogP contribution in [-0.2, 0) is 16.8 Å². The summed E-state index contributed by atoms with van der Waals surface area (Å²) in [6.07, 6.45) is 1.66. The van der Waals surface area contributed by atoms with E-state index in [1.807, 2.05) is 68.7 Å². The standard InChI is InChI=1S/C24H24BrN5O2/c1-14-18(16-7-5-6-8-20(16)29(14)13-21(26)31)12-27-30-22(32)17-11-15(25)9-10-19(17)28-23(30)24(2,3)4/h5-12H,13H2,1-4H3,(H2,26,31). The lowest BCUT2D eigenvalue weighted by molar-refractivity contribution is -0.118. The molecule has 0 bridgehead atoms. The number of amides is 1. The Kier molecular flexibility index (Phi) is 5.50. The summed E-state index contributed by atoms with van der Waals surface area (Å²) in [7, 11) is 0. The van der Waals surface area contributed by atoms with E-state index in [0.29, 0.717) is 16.7 Å². The van der Waals surface area contributed by atoms with Gasteiger partial charge in [-0.1, -0.05) is 54.9 Å². The van der Waals surface area contributed by atoms with E-state index in [-0.39, 0.29) is 12.1 Å². The molecule has 2 N–H and O–H groups in total. The number of benzene rings is 2. The minimum atomic E-state index is -0.423. The number of hydrogen-bond donors (Lipinski definition) is 1. The topological polar surface area (TPSA) is 95.3 Å². The molecule has 0 aliphatic heterocycles. The van der Waals surface area contributed by atoms with Crippen LogP contribution in [0.3, 0.4) is 0 Å². The molecule has 0 spiro atoms. The normalized spacial score (nSPS) is 12.3. The molecule has 4 rings (SSSR count). The zero-order chi connectivity index (χ0) is 23.2. The number of primary amides is 1. The van der Waals surface area contributed by atoms with E-state index in [2.05, 4.69) is 21.0 Å². The lowest BCUT2D eigenvalue weighted by atomic mass is 9.95. The van der Waals surface area contributed by atoms with Crippen LogP contribution in [0.4, 0.5) is 0 Å². The molecule has 2 aromatic carbocycles. The van der Waals surface area contributed by atoms with Gasteiger partial charge in [-0.15, -0.1) is 0 Å². The van der Waals surface area contributed by atoms with Crippen LogP contribution in [0.5, 0.6) is 0 Å². The fraction of sp³-hybridized carbons (Fsp3) is 0.250. The lowest BCUT2D eigenvalue weighted by Gasteiger charge is -2.20. The molecule has 0 aliphatic carbocycles. The van der Waals surface area contributed by atoms with E-state index in [1.54, 1.807) is 12.3 Å². The fourth-order valence-electron chi connectivity index (χ4n) is 3.84. The van der Waals surface area contributed by atoms with Crippen LogP contribution in [0, 0.1) is 6.92 Å². The summed E-state index contributed by atoms with van der Waals surface area (Å²) >= 11 is 3.43. The molecule has 0 fully saturated rings. The fourth-order valence-corrected chi connectivity index (χ4v) is 4.20. The number of fused-ring (bicyclic) bond motifs is 2. The molecule has 0 aliphatic rings. The molecule has 164 valence electrons. The molecule has 0 atom stereocenters. The van der Waals surface area contributed by atoms with Gasteiger partial charge in [0.15, 0.2) is 0 Å². The molecule has 4 aromatic rings. The minimum absolute atomic E-state index is 0.0684. The van der Waals surface area contributed by atoms with Crippen molar-refractivity contribution >= 4 is 49.9 Å². The molecular formula is C24H24BrN5O2. The van der Waals surface area contributed by atoms with Crippen LogP contribution in [0.25, 0.3) is 21.8 Å². The Morgan fingerprint density at radius 3 is 2.59 bits per heavy atom. The maximum Gasteiger partial charge on any atom is 0.282 e. The van der Waals surface area contributed by atoms with Gasteiger partial charge in [0.1, 0.15) is 12.4 Å². The van der Waals surface area contributed by atoms with Crippen LogP contribution in [0.15, 0.2) is 56.8 Å². The number of hydrogen-bond acceptors (Lipinski definition) is 4. The molecular weight excluding hydrogens is 470 g/mol. The van der Waals surface area contributed by atoms with Crippen molar-refractivity contribution in [3.05, 3.63) is 74.4 Å². The predicted molar refractivity (Wildman–Crippen MR) is 131 cm³/mol. The Bertz CT molecular complexity index is 1460. The molecule has 0 saturated carbocycles. The van der Waals surface area contributed by atoms with Gasteiger partial charge in [0.2, 0.25) is 5.91 Å². The number of aromatic nitrogens is 3. The van der Waals surface area contributed by atoms with Crippen molar-refractivity contribution in [2.75, 3.05) is 0 Å². The van der Waals surface area contributed by atoms with Crippen molar-refractivity contribution in [1.82, 2.24) is 14.2 Å². The third-order valence-electron chi connectivity index (χ3n) is 5.38. The number of para-hydroxylation sites is 1. The number of nitrogens with zero attached hydrogens (tertiary/aromatic N) is 4. The van der Waals surface area contributed by atoms with Crippen LogP contribution in [-0.4, -0.2) is 26.3 Å². The van der Waals surface area contributed by atoms with E-state index in [0.717, 1.165) is 26.6 Å². The summed E-state index contributed by atoms with van der Waals surface area (Å²) in [4.78, 5) is 29.8. The maximum absolute atomic E-state index is 13.4. The van der Waals surface area contributed by atoms with E-state index < -0.39 is 11.3 Å². The maximum atomic E-state index is 13.4. The van der Waals surface area contributed by atoms with Crippen LogP contribution < -0.4 is 11.3 Å². The molecule has 0 unspecified atom stereocenters. The SMILES string of the molecule is Cc1c(C=Nn2c(C(C)(C)C)nc3ccc(Br)cc3c2=O)c2ccccc2n1CC(N)=O. The Morgan fingerprint density at radius 2 is 1.91 bits per heavy atom. The van der Waals surface area contributed by atoms with Crippen molar-refractivity contribution in [3.63, 3.8) is 0 Å². The van der Waals surface area contributed by atoms with Crippen molar-refractivity contribution in [3.8, 4) is 0 Å². The van der Waals surface area contributed by atoms with Gasteiger partial charge in [0.25, 0.3) is 5.56 Å². The van der Waals surface area contributed by atoms with E-state index in [9.17, 15) is 9.59 Å². The van der Waals surface area contributed by atoms with Crippen LogP contribution in [0.2, 0.25) is 0 Å². The largest absolute Gasteiger partial charge is 0.368 e. The predicted octanol–water partition coefficient (Wildman–Crippen LogP) is 4.09. The van der Waals surface area contributed by atoms with Gasteiger partial charge in [-0.05, 0) is 31.2 Å². The van der Waals surface area contributed by atoms with Gasteiger partial charge < -0.3 is 10.3 Å². The second kappa shape index (κ2) is 8.02. The van der Waals surface area contributed by atoms with E-state index in [1.165, 1.54) is 4.68 Å². The number of carbonyl (C=O) groups excluding carboxylic acids is 1. The molecule has 1 amide bonds. The van der Waals surface area contributed by atoms with E-state index in [4.69, 9.17) is 10.7 Å². The third kappa shape index (κ3) is 3.86. The van der Waals surface area contributed by atoms with Gasteiger partial charge in [-0.3, -0.25) is 9.59 Å². The Balaban J connectivity index is 1.96. The number of nitrogens with two attached hydrogens (primary N) is 1. The molecule has 2 heterocycles. The van der Waals surface area contributed by atoms with Gasteiger partial charge in [0.05, 0.1) is 17.1 Å². The van der Waals surface area contributed by atoms with E-state index >= 15 is 0 Å². The number of carbonyl (C=O) groups is 1. The molecule has 2 aromatic heterocycles. The minimum Gasteiger partial charge on any atom is -0.368 e. The van der Waals surface area contributed by atoms with Crippen LogP contribution >= 0.6 is 15.9 Å². The first-order valence-corrected chi connectivity index (χ1v) is 11.0. The summed E-state index contributed by atoms with van der Waals surface area (Å²) in [6.45, 7) is 7.97. The first kappa shape index (κ1) is 22.0. The average molecular weight is 494 g/mol. The highest BCUT2D eigenvalue weighted by molar-refractivity contribution is 9.10. The summed E-state index contributed by atoms with van der Waals surface area (Å²) in [6, 6.07) is 13.2. The Labute approximate surface area is 193 Å². The number of halogens is 1. The van der Waals surface area contributed by atoms with Gasteiger partial charge >= 0.3 is 0 Å². The second-order valence-electron chi connectivity index (χ2n) is 8.78. The molecule has 0 saturated heterocycles. The quantitative estimate of drug-likeness (QED) is 0.433. The zero-order valence-corrected chi connectivity index (χ0v) is 20.0. The van der Waals surface area contributed by atoms with Gasteiger partial charge in [-0.2, -0.15) is 9.78 Å². The number of rotatable bonds is 4.